The summed E-state index contributed by atoms with van der Waals surface area (Å²) in [5.74, 6) is 1.78. The Labute approximate surface area is 192 Å². The second-order valence-electron chi connectivity index (χ2n) is 6.88. The number of nitrogens with one attached hydrogen (secondary N) is 2. The van der Waals surface area contributed by atoms with E-state index in [1.165, 1.54) is 16.8 Å². The molecule has 0 aliphatic carbocycles. The lowest BCUT2D eigenvalue weighted by Crippen LogP contribution is -2.38. The zero-order valence-corrected chi connectivity index (χ0v) is 21.0. The van der Waals surface area contributed by atoms with Crippen molar-refractivity contribution in [1.29, 1.82) is 0 Å². The Morgan fingerprint density at radius 3 is 2.55 bits per heavy atom. The van der Waals surface area contributed by atoms with E-state index in [4.69, 9.17) is 9.73 Å². The number of aliphatic imine (C=N–C) groups is 1. The van der Waals surface area contributed by atoms with Gasteiger partial charge in [-0.15, -0.1) is 24.0 Å². The summed E-state index contributed by atoms with van der Waals surface area (Å²) in [6.07, 6.45) is 2.81. The molecule has 0 saturated heterocycles. The van der Waals surface area contributed by atoms with Crippen molar-refractivity contribution >= 4 is 29.9 Å². The van der Waals surface area contributed by atoms with Gasteiger partial charge in [0.05, 0.1) is 19.3 Å². The van der Waals surface area contributed by atoms with E-state index in [-0.39, 0.29) is 24.0 Å². The van der Waals surface area contributed by atoms with Crippen molar-refractivity contribution in [1.82, 2.24) is 20.4 Å². The first-order chi connectivity index (χ1) is 13.5. The number of hydrogen-bond donors (Lipinski definition) is 2. The van der Waals surface area contributed by atoms with E-state index in [0.717, 1.165) is 55.3 Å². The number of aromatic nitrogens is 2. The summed E-state index contributed by atoms with van der Waals surface area (Å²) < 4.78 is 7.42. The Morgan fingerprint density at radius 2 is 1.93 bits per heavy atom. The molecule has 0 aliphatic rings. The van der Waals surface area contributed by atoms with Crippen LogP contribution in [-0.4, -0.2) is 35.9 Å². The molecule has 162 valence electrons. The standard InChI is InChI=1S/C22H35N5O.HI/c1-7-19-18(20(8-2)27(5)26-19)15-25-22(23-9-3)24-13-12-17-11-10-16(4)21(14-17)28-6;/h10-11,14H,7-9,12-13,15H2,1-6H3,(H2,23,24,25);1H. The van der Waals surface area contributed by atoms with E-state index in [0.29, 0.717) is 6.54 Å². The third-order valence-electron chi connectivity index (χ3n) is 4.95. The van der Waals surface area contributed by atoms with Gasteiger partial charge in [0.15, 0.2) is 5.96 Å². The summed E-state index contributed by atoms with van der Waals surface area (Å²) >= 11 is 0. The summed E-state index contributed by atoms with van der Waals surface area (Å²) in [7, 11) is 3.73. The normalized spacial score (nSPS) is 11.2. The molecule has 0 saturated carbocycles. The third-order valence-corrected chi connectivity index (χ3v) is 4.95. The highest BCUT2D eigenvalue weighted by molar-refractivity contribution is 14.0. The predicted molar refractivity (Wildman–Crippen MR) is 132 cm³/mol. The fraction of sp³-hybridized carbons (Fsp3) is 0.545. The Hall–Kier alpha value is -1.77. The molecule has 2 N–H and O–H groups in total. The largest absolute Gasteiger partial charge is 0.496 e. The molecule has 1 aromatic heterocycles. The van der Waals surface area contributed by atoms with E-state index < -0.39 is 0 Å². The summed E-state index contributed by atoms with van der Waals surface area (Å²) in [6, 6.07) is 6.37. The molecule has 6 nitrogen and oxygen atoms in total. The molecule has 0 spiro atoms. The summed E-state index contributed by atoms with van der Waals surface area (Å²) in [5, 5.41) is 11.4. The van der Waals surface area contributed by atoms with Gasteiger partial charge in [0.2, 0.25) is 0 Å². The molecular weight excluding hydrogens is 477 g/mol. The lowest BCUT2D eigenvalue weighted by Gasteiger charge is -2.12. The van der Waals surface area contributed by atoms with Gasteiger partial charge < -0.3 is 15.4 Å². The van der Waals surface area contributed by atoms with Gasteiger partial charge in [0, 0.05) is 31.4 Å². The first-order valence-electron chi connectivity index (χ1n) is 10.2. The maximum atomic E-state index is 5.42. The van der Waals surface area contributed by atoms with Crippen molar-refractivity contribution in [2.45, 2.75) is 53.5 Å². The fourth-order valence-electron chi connectivity index (χ4n) is 3.42. The van der Waals surface area contributed by atoms with Gasteiger partial charge in [-0.25, -0.2) is 4.99 Å². The van der Waals surface area contributed by atoms with Crippen molar-refractivity contribution in [3.8, 4) is 5.75 Å². The molecule has 0 aliphatic heterocycles. The van der Waals surface area contributed by atoms with Crippen LogP contribution >= 0.6 is 24.0 Å². The lowest BCUT2D eigenvalue weighted by atomic mass is 10.1. The molecule has 29 heavy (non-hydrogen) atoms. The van der Waals surface area contributed by atoms with E-state index in [1.807, 2.05) is 11.7 Å². The van der Waals surface area contributed by atoms with Crippen molar-refractivity contribution in [2.24, 2.45) is 12.0 Å². The summed E-state index contributed by atoms with van der Waals surface area (Å²) in [6.45, 7) is 10.8. The topological polar surface area (TPSA) is 63.5 Å². The number of benzene rings is 1. The first-order valence-corrected chi connectivity index (χ1v) is 10.2. The molecule has 0 radical (unpaired) electrons. The molecule has 1 heterocycles. The number of ether oxygens (including phenoxy) is 1. The maximum absolute atomic E-state index is 5.42. The van der Waals surface area contributed by atoms with Gasteiger partial charge in [-0.05, 0) is 50.3 Å². The van der Waals surface area contributed by atoms with Crippen LogP contribution in [0.4, 0.5) is 0 Å². The van der Waals surface area contributed by atoms with E-state index in [9.17, 15) is 0 Å². The number of guanidine groups is 1. The van der Waals surface area contributed by atoms with Crippen LogP contribution in [-0.2, 0) is 32.9 Å². The van der Waals surface area contributed by atoms with Crippen LogP contribution in [0.5, 0.6) is 5.75 Å². The summed E-state index contributed by atoms with van der Waals surface area (Å²) in [4.78, 5) is 4.81. The fourth-order valence-corrected chi connectivity index (χ4v) is 3.42. The minimum absolute atomic E-state index is 0. The van der Waals surface area contributed by atoms with Gasteiger partial charge in [0.1, 0.15) is 5.75 Å². The molecule has 1 aromatic carbocycles. The number of methoxy groups -OCH3 is 1. The Morgan fingerprint density at radius 1 is 1.17 bits per heavy atom. The lowest BCUT2D eigenvalue weighted by molar-refractivity contribution is 0.411. The number of nitrogens with zero attached hydrogens (tertiary/aromatic N) is 3. The monoisotopic (exact) mass is 513 g/mol. The molecule has 2 aromatic rings. The highest BCUT2D eigenvalue weighted by Gasteiger charge is 2.13. The van der Waals surface area contributed by atoms with E-state index in [2.05, 4.69) is 61.6 Å². The first kappa shape index (κ1) is 25.3. The van der Waals surface area contributed by atoms with Crippen LogP contribution in [0.3, 0.4) is 0 Å². The number of halogens is 1. The Kier molecular flexibility index (Phi) is 11.1. The van der Waals surface area contributed by atoms with Gasteiger partial charge in [0.25, 0.3) is 0 Å². The molecule has 0 fully saturated rings. The second-order valence-corrected chi connectivity index (χ2v) is 6.88. The maximum Gasteiger partial charge on any atom is 0.191 e. The highest BCUT2D eigenvalue weighted by atomic mass is 127. The van der Waals surface area contributed by atoms with Crippen LogP contribution < -0.4 is 15.4 Å². The van der Waals surface area contributed by atoms with Gasteiger partial charge >= 0.3 is 0 Å². The average Bonchev–Trinajstić information content (AvgIpc) is 3.01. The Bertz CT molecular complexity index is 801. The number of rotatable bonds is 9. The summed E-state index contributed by atoms with van der Waals surface area (Å²) in [5.41, 5.74) is 6.07. The van der Waals surface area contributed by atoms with Crippen LogP contribution in [0.2, 0.25) is 0 Å². The zero-order chi connectivity index (χ0) is 20.5. The molecule has 0 bridgehead atoms. The van der Waals surface area contributed by atoms with Gasteiger partial charge in [-0.1, -0.05) is 26.0 Å². The number of aryl methyl sites for hydroxylation is 3. The third kappa shape index (κ3) is 6.90. The predicted octanol–water partition coefficient (Wildman–Crippen LogP) is 3.78. The van der Waals surface area contributed by atoms with E-state index >= 15 is 0 Å². The van der Waals surface area contributed by atoms with Crippen molar-refractivity contribution in [3.63, 3.8) is 0 Å². The van der Waals surface area contributed by atoms with Crippen molar-refractivity contribution in [2.75, 3.05) is 20.2 Å². The molecule has 0 unspecified atom stereocenters. The van der Waals surface area contributed by atoms with Crippen molar-refractivity contribution < 1.29 is 4.74 Å². The average molecular weight is 513 g/mol. The molecular formula is C22H36IN5O. The van der Waals surface area contributed by atoms with Crippen molar-refractivity contribution in [3.05, 3.63) is 46.3 Å². The van der Waals surface area contributed by atoms with Crippen LogP contribution in [0.15, 0.2) is 23.2 Å². The molecule has 7 heteroatoms. The molecule has 2 rings (SSSR count). The van der Waals surface area contributed by atoms with Crippen LogP contribution in [0.25, 0.3) is 0 Å². The smallest absolute Gasteiger partial charge is 0.191 e. The van der Waals surface area contributed by atoms with Crippen LogP contribution in [0.1, 0.15) is 48.8 Å². The minimum Gasteiger partial charge on any atom is -0.496 e. The zero-order valence-electron chi connectivity index (χ0n) is 18.6. The quantitative estimate of drug-likeness (QED) is 0.305. The van der Waals surface area contributed by atoms with Gasteiger partial charge in [-0.2, -0.15) is 5.10 Å². The number of hydrogen-bond acceptors (Lipinski definition) is 3. The van der Waals surface area contributed by atoms with Gasteiger partial charge in [-0.3, -0.25) is 4.68 Å². The highest BCUT2D eigenvalue weighted by Crippen LogP contribution is 2.19. The SMILES string of the molecule is CCNC(=NCc1c(CC)nn(C)c1CC)NCCc1ccc(C)c(OC)c1.I. The second kappa shape index (κ2) is 12.7. The minimum atomic E-state index is 0. The molecule has 0 atom stereocenters. The Balaban J connectivity index is 0.00000420. The van der Waals surface area contributed by atoms with Crippen LogP contribution in [0, 0.1) is 6.92 Å². The van der Waals surface area contributed by atoms with E-state index in [1.54, 1.807) is 7.11 Å². The molecule has 0 amide bonds.